The van der Waals surface area contributed by atoms with Crippen LogP contribution in [0, 0.1) is 10.1 Å². The van der Waals surface area contributed by atoms with Gasteiger partial charge in [0, 0.05) is 30.1 Å². The van der Waals surface area contributed by atoms with Gasteiger partial charge in [0.05, 0.1) is 40.1 Å². The van der Waals surface area contributed by atoms with Gasteiger partial charge in [-0.05, 0) is 36.4 Å². The second-order valence-electron chi connectivity index (χ2n) is 6.39. The molecule has 0 amide bonds. The second-order valence-corrected chi connectivity index (χ2v) is 6.39. The van der Waals surface area contributed by atoms with Crippen LogP contribution in [-0.4, -0.2) is 33.2 Å². The van der Waals surface area contributed by atoms with Crippen LogP contribution in [0.25, 0.3) is 16.9 Å². The number of methoxy groups -OCH3 is 1. The third-order valence-corrected chi connectivity index (χ3v) is 4.71. The van der Waals surface area contributed by atoms with Crippen molar-refractivity contribution in [1.29, 1.82) is 0 Å². The lowest BCUT2D eigenvalue weighted by Crippen LogP contribution is -2.10. The van der Waals surface area contributed by atoms with Crippen LogP contribution in [0.4, 0.5) is 5.69 Å². The van der Waals surface area contributed by atoms with Gasteiger partial charge in [-0.15, -0.1) is 0 Å². The first-order valence-electron chi connectivity index (χ1n) is 8.95. The molecule has 0 saturated carbocycles. The monoisotopic (exact) mass is 401 g/mol. The van der Waals surface area contributed by atoms with Gasteiger partial charge < -0.3 is 9.14 Å². The number of fused-ring (bicyclic) bond motifs is 1. The van der Waals surface area contributed by atoms with Crippen LogP contribution in [0.2, 0.25) is 0 Å². The minimum atomic E-state index is -0.661. The normalized spacial score (nSPS) is 10.7. The predicted octanol–water partition coefficient (Wildman–Crippen LogP) is 3.93. The summed E-state index contributed by atoms with van der Waals surface area (Å²) in [6.45, 7) is 0. The van der Waals surface area contributed by atoms with Gasteiger partial charge in [0.25, 0.3) is 5.69 Å². The number of nitro groups is 1. The van der Waals surface area contributed by atoms with Crippen molar-refractivity contribution < 1.29 is 19.2 Å². The molecule has 0 fully saturated rings. The third kappa shape index (κ3) is 3.10. The Kier molecular flexibility index (Phi) is 4.81. The van der Waals surface area contributed by atoms with E-state index in [0.29, 0.717) is 16.9 Å². The molecule has 8 nitrogen and oxygen atoms in total. The van der Waals surface area contributed by atoms with E-state index in [0.717, 1.165) is 0 Å². The Bertz CT molecular complexity index is 1280. The molecule has 0 aliphatic heterocycles. The van der Waals surface area contributed by atoms with Crippen LogP contribution >= 0.6 is 0 Å². The highest BCUT2D eigenvalue weighted by molar-refractivity contribution is 6.20. The van der Waals surface area contributed by atoms with Gasteiger partial charge in [-0.2, -0.15) is 0 Å². The summed E-state index contributed by atoms with van der Waals surface area (Å²) < 4.78 is 6.67. The van der Waals surface area contributed by atoms with Crippen molar-refractivity contribution >= 4 is 23.0 Å². The predicted molar refractivity (Wildman–Crippen MR) is 108 cm³/mol. The molecule has 0 unspecified atom stereocenters. The molecule has 0 atom stereocenters. The van der Waals surface area contributed by atoms with E-state index in [2.05, 4.69) is 4.98 Å². The standard InChI is InChI=1S/C22H15N3O5/c1-30-22(27)18-17-7-3-5-13-24(17)20(16-6-2-4-12-23-16)19(18)21(26)14-8-10-15(11-9-14)25(28)29/h2-13H,1H3. The Morgan fingerprint density at radius 1 is 1.00 bits per heavy atom. The number of hydrogen-bond acceptors (Lipinski definition) is 6. The van der Waals surface area contributed by atoms with Gasteiger partial charge in [0.1, 0.15) is 0 Å². The van der Waals surface area contributed by atoms with Crippen LogP contribution in [0.5, 0.6) is 0 Å². The molecule has 0 saturated heterocycles. The van der Waals surface area contributed by atoms with Crippen LogP contribution in [0.3, 0.4) is 0 Å². The zero-order valence-corrected chi connectivity index (χ0v) is 15.8. The average molecular weight is 401 g/mol. The minimum absolute atomic E-state index is 0.113. The van der Waals surface area contributed by atoms with Gasteiger partial charge in [0.2, 0.25) is 0 Å². The van der Waals surface area contributed by atoms with Gasteiger partial charge >= 0.3 is 5.97 Å². The van der Waals surface area contributed by atoms with Gasteiger partial charge in [-0.3, -0.25) is 19.9 Å². The highest BCUT2D eigenvalue weighted by atomic mass is 16.6. The zero-order chi connectivity index (χ0) is 21.3. The number of carbonyl (C=O) groups is 2. The van der Waals surface area contributed by atoms with Crippen molar-refractivity contribution in [2.45, 2.75) is 0 Å². The third-order valence-electron chi connectivity index (χ3n) is 4.71. The van der Waals surface area contributed by atoms with Crippen molar-refractivity contribution in [3.8, 4) is 11.4 Å². The van der Waals surface area contributed by atoms with Crippen LogP contribution in [0.15, 0.2) is 73.1 Å². The molecule has 0 N–H and O–H groups in total. The number of nitrogens with zero attached hydrogens (tertiary/aromatic N) is 3. The molecule has 4 rings (SSSR count). The molecule has 3 aromatic heterocycles. The smallest absolute Gasteiger partial charge is 0.340 e. The largest absolute Gasteiger partial charge is 0.465 e. The first-order valence-corrected chi connectivity index (χ1v) is 8.95. The number of ketones is 1. The Labute approximate surface area is 170 Å². The fraction of sp³-hybridized carbons (Fsp3) is 0.0455. The molecule has 0 bridgehead atoms. The molecule has 1 aromatic carbocycles. The Balaban J connectivity index is 2.03. The number of esters is 1. The molecule has 8 heteroatoms. The van der Waals surface area contributed by atoms with E-state index in [1.165, 1.54) is 31.4 Å². The molecule has 0 radical (unpaired) electrons. The number of hydrogen-bond donors (Lipinski definition) is 0. The average Bonchev–Trinajstić information content (AvgIpc) is 3.14. The molecule has 4 aromatic rings. The van der Waals surface area contributed by atoms with Crippen LogP contribution in [0.1, 0.15) is 26.3 Å². The first kappa shape index (κ1) is 19.0. The number of aromatic nitrogens is 2. The molecule has 30 heavy (non-hydrogen) atoms. The topological polar surface area (TPSA) is 104 Å². The number of carbonyl (C=O) groups excluding carboxylic acids is 2. The first-order chi connectivity index (χ1) is 14.5. The van der Waals surface area contributed by atoms with Gasteiger partial charge in [-0.25, -0.2) is 4.79 Å². The number of benzene rings is 1. The maximum atomic E-state index is 13.5. The molecule has 148 valence electrons. The summed E-state index contributed by atoms with van der Waals surface area (Å²) in [6.07, 6.45) is 3.33. The number of pyridine rings is 2. The van der Waals surface area contributed by atoms with Crippen molar-refractivity contribution in [2.75, 3.05) is 7.11 Å². The van der Waals surface area contributed by atoms with Crippen molar-refractivity contribution in [3.05, 3.63) is 99.9 Å². The van der Waals surface area contributed by atoms with Crippen molar-refractivity contribution in [3.63, 3.8) is 0 Å². The highest BCUT2D eigenvalue weighted by Gasteiger charge is 2.30. The van der Waals surface area contributed by atoms with E-state index in [-0.39, 0.29) is 22.4 Å². The van der Waals surface area contributed by atoms with Crippen LogP contribution in [-0.2, 0) is 4.74 Å². The van der Waals surface area contributed by atoms with E-state index in [9.17, 15) is 19.7 Å². The lowest BCUT2D eigenvalue weighted by Gasteiger charge is -2.07. The molecule has 0 spiro atoms. The minimum Gasteiger partial charge on any atom is -0.465 e. The number of ether oxygens (including phenoxy) is 1. The summed E-state index contributed by atoms with van der Waals surface area (Å²) in [4.78, 5) is 40.9. The summed E-state index contributed by atoms with van der Waals surface area (Å²) >= 11 is 0. The Hall–Kier alpha value is -4.33. The molecule has 0 aliphatic carbocycles. The van der Waals surface area contributed by atoms with E-state index < -0.39 is 16.7 Å². The Morgan fingerprint density at radius 3 is 2.37 bits per heavy atom. The number of non-ortho nitro benzene ring substituents is 1. The van der Waals surface area contributed by atoms with Gasteiger partial charge in [-0.1, -0.05) is 12.1 Å². The summed E-state index contributed by atoms with van der Waals surface area (Å²) in [5.41, 5.74) is 1.75. The van der Waals surface area contributed by atoms with Crippen LogP contribution < -0.4 is 0 Å². The van der Waals surface area contributed by atoms with E-state index in [1.54, 1.807) is 53.2 Å². The maximum absolute atomic E-state index is 13.5. The summed E-state index contributed by atoms with van der Waals surface area (Å²) in [6, 6.07) is 15.8. The number of rotatable bonds is 5. The summed E-state index contributed by atoms with van der Waals surface area (Å²) in [5.74, 6) is -1.12. The van der Waals surface area contributed by atoms with Crippen molar-refractivity contribution in [2.24, 2.45) is 0 Å². The van der Waals surface area contributed by atoms with Gasteiger partial charge in [0.15, 0.2) is 5.78 Å². The van der Waals surface area contributed by atoms with E-state index in [4.69, 9.17) is 4.74 Å². The molecule has 3 heterocycles. The Morgan fingerprint density at radius 2 is 1.73 bits per heavy atom. The molecular formula is C22H15N3O5. The molecular weight excluding hydrogens is 386 g/mol. The fourth-order valence-electron chi connectivity index (χ4n) is 3.37. The summed E-state index contributed by atoms with van der Waals surface area (Å²) in [5, 5.41) is 10.9. The fourth-order valence-corrected chi connectivity index (χ4v) is 3.37. The lowest BCUT2D eigenvalue weighted by atomic mass is 9.97. The maximum Gasteiger partial charge on any atom is 0.340 e. The SMILES string of the molecule is COC(=O)c1c(C(=O)c2ccc([N+](=O)[O-])cc2)c(-c2ccccn2)n2ccccc12. The van der Waals surface area contributed by atoms with E-state index >= 15 is 0 Å². The molecule has 0 aliphatic rings. The second kappa shape index (κ2) is 7.59. The van der Waals surface area contributed by atoms with Crippen molar-refractivity contribution in [1.82, 2.24) is 9.38 Å². The quantitative estimate of drug-likeness (QED) is 0.217. The lowest BCUT2D eigenvalue weighted by molar-refractivity contribution is -0.384. The zero-order valence-electron chi connectivity index (χ0n) is 15.8. The highest BCUT2D eigenvalue weighted by Crippen LogP contribution is 2.33. The van der Waals surface area contributed by atoms with E-state index in [1.807, 2.05) is 0 Å². The summed E-state index contributed by atoms with van der Waals surface area (Å²) in [7, 11) is 1.25. The number of nitro benzene ring substituents is 1.